The zero-order chi connectivity index (χ0) is 51.4. The van der Waals surface area contributed by atoms with Crippen LogP contribution in [-0.4, -0.2) is 47.4 Å². The number of unbranched alkanes of at least 4 members (excludes halogenated alkanes) is 48. The Labute approximate surface area is 444 Å². The van der Waals surface area contributed by atoms with Crippen molar-refractivity contribution in [2.24, 2.45) is 0 Å². The van der Waals surface area contributed by atoms with Crippen molar-refractivity contribution in [3.63, 3.8) is 0 Å². The minimum absolute atomic E-state index is 0.00434. The molecule has 2 atom stereocenters. The van der Waals surface area contributed by atoms with Crippen LogP contribution in [0, 0.1) is 0 Å². The highest BCUT2D eigenvalue weighted by molar-refractivity contribution is 5.76. The minimum Gasteiger partial charge on any atom is -0.466 e. The van der Waals surface area contributed by atoms with Gasteiger partial charge in [0.25, 0.3) is 0 Å². The van der Waals surface area contributed by atoms with E-state index in [0.717, 1.165) is 51.4 Å². The first-order valence-corrected chi connectivity index (χ1v) is 32.4. The molecule has 0 radical (unpaired) electrons. The third-order valence-corrected chi connectivity index (χ3v) is 15.3. The Morgan fingerprint density at radius 2 is 0.662 bits per heavy atom. The lowest BCUT2D eigenvalue weighted by Gasteiger charge is -2.22. The van der Waals surface area contributed by atoms with Crippen LogP contribution < -0.4 is 5.32 Å². The summed E-state index contributed by atoms with van der Waals surface area (Å²) in [5, 5.41) is 23.4. The normalized spacial score (nSPS) is 12.6. The Bertz CT molecular complexity index is 1060. The lowest BCUT2D eigenvalue weighted by atomic mass is 10.0. The Morgan fingerprint density at radius 3 is 1.00 bits per heavy atom. The SMILES string of the molecule is CCCCCCCC/C=C\CCCCCCCCCCCC(=O)OCCCCCCCCCCCCCCCC(=O)NC(CO)C(O)CCCCCCCCCCCCCCCCCCCCCCCC. The fourth-order valence-electron chi connectivity index (χ4n) is 10.3. The Hall–Kier alpha value is -1.40. The Kier molecular flexibility index (Phi) is 59.9. The number of allylic oxidation sites excluding steroid dienone is 2. The number of carbonyl (C=O) groups excluding carboxylic acids is 2. The largest absolute Gasteiger partial charge is 0.466 e. The van der Waals surface area contributed by atoms with E-state index in [-0.39, 0.29) is 18.5 Å². The quantitative estimate of drug-likeness (QED) is 0.0320. The van der Waals surface area contributed by atoms with Crippen molar-refractivity contribution in [3.8, 4) is 0 Å². The molecule has 6 nitrogen and oxygen atoms in total. The molecule has 0 saturated heterocycles. The van der Waals surface area contributed by atoms with Crippen molar-refractivity contribution in [2.45, 2.75) is 379 Å². The molecule has 0 aliphatic carbocycles. The maximum atomic E-state index is 12.5. The van der Waals surface area contributed by atoms with Crippen molar-refractivity contribution in [3.05, 3.63) is 12.2 Å². The molecule has 71 heavy (non-hydrogen) atoms. The van der Waals surface area contributed by atoms with Gasteiger partial charge in [-0.05, 0) is 51.4 Å². The molecule has 0 aromatic heterocycles. The number of esters is 1. The standard InChI is InChI=1S/C65H127NO5/c1-3-5-7-9-11-13-15-17-19-21-23-24-25-27-28-30-33-37-41-45-49-53-57-63(68)62(61-67)66-64(69)58-54-50-46-42-38-34-32-36-40-44-48-52-56-60-71-65(70)59-55-51-47-43-39-35-31-29-26-22-20-18-16-14-12-10-8-6-4-2/h18,20,62-63,67-68H,3-17,19,21-61H2,1-2H3,(H,66,69)/b20-18-. The van der Waals surface area contributed by atoms with Crippen molar-refractivity contribution in [2.75, 3.05) is 13.2 Å². The highest BCUT2D eigenvalue weighted by Crippen LogP contribution is 2.18. The fourth-order valence-corrected chi connectivity index (χ4v) is 10.3. The number of hydrogen-bond acceptors (Lipinski definition) is 5. The molecule has 0 bridgehead atoms. The third-order valence-electron chi connectivity index (χ3n) is 15.3. The summed E-state index contributed by atoms with van der Waals surface area (Å²) in [7, 11) is 0. The molecule has 0 aromatic rings. The molecule has 422 valence electrons. The fraction of sp³-hybridized carbons (Fsp3) is 0.938. The lowest BCUT2D eigenvalue weighted by Crippen LogP contribution is -2.45. The monoisotopic (exact) mass is 1000 g/mol. The molecular weight excluding hydrogens is 875 g/mol. The molecule has 1 amide bonds. The van der Waals surface area contributed by atoms with Gasteiger partial charge in [0.05, 0.1) is 25.4 Å². The summed E-state index contributed by atoms with van der Waals surface area (Å²) in [5.74, 6) is -0.0477. The highest BCUT2D eigenvalue weighted by Gasteiger charge is 2.20. The first-order valence-electron chi connectivity index (χ1n) is 32.4. The first-order chi connectivity index (χ1) is 35.0. The Balaban J connectivity index is 3.42. The Morgan fingerprint density at radius 1 is 0.380 bits per heavy atom. The van der Waals surface area contributed by atoms with Gasteiger partial charge < -0.3 is 20.3 Å². The lowest BCUT2D eigenvalue weighted by molar-refractivity contribution is -0.143. The van der Waals surface area contributed by atoms with Gasteiger partial charge in [-0.2, -0.15) is 0 Å². The van der Waals surface area contributed by atoms with Crippen molar-refractivity contribution < 1.29 is 24.5 Å². The van der Waals surface area contributed by atoms with Crippen LogP contribution in [0.4, 0.5) is 0 Å². The molecule has 0 aliphatic heterocycles. The topological polar surface area (TPSA) is 95.9 Å². The summed E-state index contributed by atoms with van der Waals surface area (Å²) in [5.41, 5.74) is 0. The van der Waals surface area contributed by atoms with Crippen LogP contribution in [-0.2, 0) is 14.3 Å². The van der Waals surface area contributed by atoms with Crippen molar-refractivity contribution in [1.29, 1.82) is 0 Å². The van der Waals surface area contributed by atoms with Crippen LogP contribution in [0.25, 0.3) is 0 Å². The van der Waals surface area contributed by atoms with Gasteiger partial charge in [-0.1, -0.05) is 315 Å². The summed E-state index contributed by atoms with van der Waals surface area (Å²) in [4.78, 5) is 24.6. The zero-order valence-electron chi connectivity index (χ0n) is 48.2. The van der Waals surface area contributed by atoms with E-state index in [0.29, 0.717) is 25.9 Å². The molecule has 0 aliphatic rings. The van der Waals surface area contributed by atoms with E-state index < -0.39 is 12.1 Å². The summed E-state index contributed by atoms with van der Waals surface area (Å²) >= 11 is 0. The van der Waals surface area contributed by atoms with Gasteiger partial charge in [-0.25, -0.2) is 0 Å². The molecule has 0 fully saturated rings. The van der Waals surface area contributed by atoms with Gasteiger partial charge in [0.1, 0.15) is 0 Å². The van der Waals surface area contributed by atoms with Gasteiger partial charge in [0.2, 0.25) is 5.91 Å². The van der Waals surface area contributed by atoms with Gasteiger partial charge in [0, 0.05) is 12.8 Å². The smallest absolute Gasteiger partial charge is 0.305 e. The van der Waals surface area contributed by atoms with Gasteiger partial charge >= 0.3 is 5.97 Å². The second-order valence-corrected chi connectivity index (χ2v) is 22.5. The van der Waals surface area contributed by atoms with Gasteiger partial charge in [0.15, 0.2) is 0 Å². The number of ether oxygens (including phenoxy) is 1. The molecule has 6 heteroatoms. The summed E-state index contributed by atoms with van der Waals surface area (Å²) in [6.45, 7) is 4.96. The van der Waals surface area contributed by atoms with Crippen LogP contribution >= 0.6 is 0 Å². The molecular formula is C65H127NO5. The summed E-state index contributed by atoms with van der Waals surface area (Å²) < 4.78 is 5.49. The number of carbonyl (C=O) groups is 2. The maximum Gasteiger partial charge on any atom is 0.305 e. The van der Waals surface area contributed by atoms with E-state index in [1.807, 2.05) is 0 Å². The van der Waals surface area contributed by atoms with Crippen molar-refractivity contribution >= 4 is 11.9 Å². The second-order valence-electron chi connectivity index (χ2n) is 22.5. The number of rotatable bonds is 61. The number of aliphatic hydroxyl groups excluding tert-OH is 2. The van der Waals surface area contributed by atoms with Crippen molar-refractivity contribution in [1.82, 2.24) is 5.32 Å². The average molecular weight is 1000 g/mol. The molecule has 0 rings (SSSR count). The molecule has 0 heterocycles. The van der Waals surface area contributed by atoms with E-state index in [1.54, 1.807) is 0 Å². The summed E-state index contributed by atoms with van der Waals surface area (Å²) in [6, 6.07) is -0.552. The maximum absolute atomic E-state index is 12.5. The minimum atomic E-state index is -0.674. The highest BCUT2D eigenvalue weighted by atomic mass is 16.5. The molecule has 0 saturated carbocycles. The predicted molar refractivity (Wildman–Crippen MR) is 310 cm³/mol. The van der Waals surface area contributed by atoms with E-state index in [4.69, 9.17) is 4.74 Å². The van der Waals surface area contributed by atoms with Crippen LogP contribution in [0.15, 0.2) is 12.2 Å². The van der Waals surface area contributed by atoms with Crippen LogP contribution in [0.1, 0.15) is 367 Å². The number of amides is 1. The first kappa shape index (κ1) is 69.6. The number of nitrogens with one attached hydrogen (secondary N) is 1. The van der Waals surface area contributed by atoms with E-state index in [9.17, 15) is 19.8 Å². The van der Waals surface area contributed by atoms with E-state index >= 15 is 0 Å². The van der Waals surface area contributed by atoms with E-state index in [1.165, 1.54) is 283 Å². The second kappa shape index (κ2) is 61.1. The van der Waals surface area contributed by atoms with E-state index in [2.05, 4.69) is 31.3 Å². The molecule has 0 aromatic carbocycles. The molecule has 3 N–H and O–H groups in total. The van der Waals surface area contributed by atoms with Gasteiger partial charge in [-0.15, -0.1) is 0 Å². The number of aliphatic hydroxyl groups is 2. The van der Waals surface area contributed by atoms with Crippen LogP contribution in [0.5, 0.6) is 0 Å². The number of hydrogen-bond donors (Lipinski definition) is 3. The zero-order valence-corrected chi connectivity index (χ0v) is 48.2. The third kappa shape index (κ3) is 57.7. The van der Waals surface area contributed by atoms with Crippen LogP contribution in [0.3, 0.4) is 0 Å². The van der Waals surface area contributed by atoms with Crippen LogP contribution in [0.2, 0.25) is 0 Å². The molecule has 0 spiro atoms. The predicted octanol–water partition coefficient (Wildman–Crippen LogP) is 20.4. The molecule has 2 unspecified atom stereocenters. The summed E-state index contributed by atoms with van der Waals surface area (Å²) in [6.07, 6.45) is 73.6. The van der Waals surface area contributed by atoms with Gasteiger partial charge in [-0.3, -0.25) is 9.59 Å². The average Bonchev–Trinajstić information content (AvgIpc) is 3.37.